The Morgan fingerprint density at radius 2 is 2.00 bits per heavy atom. The second-order valence-electron chi connectivity index (χ2n) is 5.64. The molecule has 0 saturated heterocycles. The maximum atomic E-state index is 5.57. The molecule has 1 saturated carbocycles. The van der Waals surface area contributed by atoms with Gasteiger partial charge in [-0.25, -0.2) is 9.67 Å². The van der Waals surface area contributed by atoms with Crippen LogP contribution in [0.3, 0.4) is 0 Å². The van der Waals surface area contributed by atoms with Crippen molar-refractivity contribution in [3.63, 3.8) is 0 Å². The highest BCUT2D eigenvalue weighted by Gasteiger charge is 2.21. The van der Waals surface area contributed by atoms with E-state index >= 15 is 0 Å². The van der Waals surface area contributed by atoms with Crippen LogP contribution < -0.4 is 0 Å². The molecule has 4 rings (SSSR count). The van der Waals surface area contributed by atoms with Gasteiger partial charge < -0.3 is 4.42 Å². The lowest BCUT2D eigenvalue weighted by Gasteiger charge is -2.10. The van der Waals surface area contributed by atoms with Gasteiger partial charge in [0.2, 0.25) is 11.0 Å². The molecular formula is C16H17N5OS. The van der Waals surface area contributed by atoms with E-state index in [0.29, 0.717) is 17.7 Å². The van der Waals surface area contributed by atoms with Crippen LogP contribution in [0.1, 0.15) is 37.4 Å². The first-order valence-corrected chi connectivity index (χ1v) is 8.79. The van der Waals surface area contributed by atoms with Gasteiger partial charge in [0.25, 0.3) is 0 Å². The van der Waals surface area contributed by atoms with Gasteiger partial charge in [0, 0.05) is 11.3 Å². The van der Waals surface area contributed by atoms with Gasteiger partial charge in [-0.15, -0.1) is 5.10 Å². The normalized spacial score (nSPS) is 15.3. The molecule has 2 aromatic heterocycles. The number of aromatic nitrogens is 5. The number of thioether (sulfide) groups is 1. The molecule has 6 nitrogen and oxygen atoms in total. The molecule has 2 heterocycles. The zero-order valence-electron chi connectivity index (χ0n) is 12.6. The van der Waals surface area contributed by atoms with E-state index in [9.17, 15) is 0 Å². The molecule has 0 N–H and O–H groups in total. The molecule has 0 amide bonds. The molecule has 1 aliphatic rings. The molecule has 0 aliphatic heterocycles. The average molecular weight is 327 g/mol. The summed E-state index contributed by atoms with van der Waals surface area (Å²) in [6.45, 7) is 0. The smallest absolute Gasteiger partial charge is 0.226 e. The monoisotopic (exact) mass is 327 g/mol. The summed E-state index contributed by atoms with van der Waals surface area (Å²) in [4.78, 5) is 4.54. The molecule has 1 aliphatic carbocycles. The van der Waals surface area contributed by atoms with E-state index in [1.807, 2.05) is 35.0 Å². The zero-order valence-corrected chi connectivity index (χ0v) is 13.4. The van der Waals surface area contributed by atoms with Gasteiger partial charge in [0.15, 0.2) is 0 Å². The molecule has 0 unspecified atom stereocenters. The Morgan fingerprint density at radius 1 is 1.17 bits per heavy atom. The quantitative estimate of drug-likeness (QED) is 0.665. The SMILES string of the molecule is c1ccc(-c2nc(CSc3nnnn3C3CCCC3)co2)cc1. The van der Waals surface area contributed by atoms with E-state index in [0.717, 1.165) is 16.4 Å². The number of hydrogen-bond acceptors (Lipinski definition) is 6. The number of rotatable bonds is 5. The lowest BCUT2D eigenvalue weighted by molar-refractivity contribution is 0.423. The van der Waals surface area contributed by atoms with E-state index in [4.69, 9.17) is 4.42 Å². The number of nitrogens with zero attached hydrogens (tertiary/aromatic N) is 5. The Kier molecular flexibility index (Phi) is 4.10. The molecule has 0 bridgehead atoms. The van der Waals surface area contributed by atoms with Gasteiger partial charge in [0.1, 0.15) is 6.26 Å². The fraction of sp³-hybridized carbons (Fsp3) is 0.375. The Hall–Kier alpha value is -2.15. The molecule has 1 aromatic carbocycles. The summed E-state index contributed by atoms with van der Waals surface area (Å²) >= 11 is 1.61. The van der Waals surface area contributed by atoms with Gasteiger partial charge in [-0.3, -0.25) is 0 Å². The Morgan fingerprint density at radius 3 is 2.83 bits per heavy atom. The van der Waals surface area contributed by atoms with E-state index in [1.165, 1.54) is 25.7 Å². The zero-order chi connectivity index (χ0) is 15.5. The first-order chi connectivity index (χ1) is 11.4. The van der Waals surface area contributed by atoms with Crippen LogP contribution in [-0.2, 0) is 5.75 Å². The predicted molar refractivity (Wildman–Crippen MR) is 86.8 cm³/mol. The van der Waals surface area contributed by atoms with E-state index in [-0.39, 0.29) is 0 Å². The van der Waals surface area contributed by atoms with E-state index < -0.39 is 0 Å². The molecule has 1 fully saturated rings. The molecule has 23 heavy (non-hydrogen) atoms. The van der Waals surface area contributed by atoms with Gasteiger partial charge >= 0.3 is 0 Å². The largest absolute Gasteiger partial charge is 0.444 e. The molecule has 0 atom stereocenters. The lowest BCUT2D eigenvalue weighted by atomic mass is 10.2. The fourth-order valence-corrected chi connectivity index (χ4v) is 3.71. The number of benzene rings is 1. The Bertz CT molecular complexity index is 764. The van der Waals surface area contributed by atoms with Crippen LogP contribution in [0.5, 0.6) is 0 Å². The summed E-state index contributed by atoms with van der Waals surface area (Å²) in [5.41, 5.74) is 1.88. The van der Waals surface area contributed by atoms with Crippen molar-refractivity contribution in [2.75, 3.05) is 0 Å². The molecule has 0 radical (unpaired) electrons. The molecule has 118 valence electrons. The van der Waals surface area contributed by atoms with Crippen molar-refractivity contribution in [3.8, 4) is 11.5 Å². The third kappa shape index (κ3) is 3.14. The van der Waals surface area contributed by atoms with E-state index in [2.05, 4.69) is 20.5 Å². The topological polar surface area (TPSA) is 69.6 Å². The van der Waals surface area contributed by atoms with Crippen molar-refractivity contribution < 1.29 is 4.42 Å². The van der Waals surface area contributed by atoms with Crippen LogP contribution in [0.4, 0.5) is 0 Å². The second kappa shape index (κ2) is 6.54. The number of oxazole rings is 1. The van der Waals surface area contributed by atoms with E-state index in [1.54, 1.807) is 18.0 Å². The van der Waals surface area contributed by atoms with Crippen molar-refractivity contribution in [1.29, 1.82) is 0 Å². The molecule has 7 heteroatoms. The highest BCUT2D eigenvalue weighted by atomic mass is 32.2. The number of hydrogen-bond donors (Lipinski definition) is 0. The maximum Gasteiger partial charge on any atom is 0.226 e. The molecule has 3 aromatic rings. The summed E-state index contributed by atoms with van der Waals surface area (Å²) in [5, 5.41) is 13.0. The van der Waals surface area contributed by atoms with Crippen molar-refractivity contribution in [1.82, 2.24) is 25.2 Å². The van der Waals surface area contributed by atoms with Gasteiger partial charge in [0.05, 0.1) is 11.7 Å². The summed E-state index contributed by atoms with van der Waals surface area (Å²) in [5.74, 6) is 1.35. The van der Waals surface area contributed by atoms with Gasteiger partial charge in [-0.1, -0.05) is 42.8 Å². The van der Waals surface area contributed by atoms with Crippen LogP contribution in [-0.4, -0.2) is 25.2 Å². The van der Waals surface area contributed by atoms with Crippen LogP contribution in [0.2, 0.25) is 0 Å². The van der Waals surface area contributed by atoms with Crippen molar-refractivity contribution in [2.24, 2.45) is 0 Å². The predicted octanol–water partition coefficient (Wildman–Crippen LogP) is 3.74. The summed E-state index contributed by atoms with van der Waals surface area (Å²) in [7, 11) is 0. The highest BCUT2D eigenvalue weighted by molar-refractivity contribution is 7.98. The minimum absolute atomic E-state index is 0.449. The third-order valence-electron chi connectivity index (χ3n) is 4.05. The maximum absolute atomic E-state index is 5.57. The van der Waals surface area contributed by atoms with Gasteiger partial charge in [-0.2, -0.15) is 0 Å². The van der Waals surface area contributed by atoms with Crippen molar-refractivity contribution in [2.45, 2.75) is 42.6 Å². The van der Waals surface area contributed by atoms with Crippen molar-refractivity contribution in [3.05, 3.63) is 42.3 Å². The van der Waals surface area contributed by atoms with Crippen LogP contribution >= 0.6 is 11.8 Å². The van der Waals surface area contributed by atoms with Crippen LogP contribution in [0.25, 0.3) is 11.5 Å². The summed E-state index contributed by atoms with van der Waals surface area (Å²) < 4.78 is 7.54. The Labute approximate surface area is 138 Å². The van der Waals surface area contributed by atoms with Crippen LogP contribution in [0, 0.1) is 0 Å². The first kappa shape index (κ1) is 14.4. The minimum Gasteiger partial charge on any atom is -0.444 e. The van der Waals surface area contributed by atoms with Gasteiger partial charge in [-0.05, 0) is 35.4 Å². The third-order valence-corrected chi connectivity index (χ3v) is 5.02. The average Bonchev–Trinajstić information content (AvgIpc) is 3.33. The fourth-order valence-electron chi connectivity index (χ4n) is 2.88. The minimum atomic E-state index is 0.449. The standard InChI is InChI=1S/C16H17N5OS/c1-2-6-12(7-3-1)15-17-13(10-22-15)11-23-16-18-19-20-21(16)14-8-4-5-9-14/h1-3,6-7,10,14H,4-5,8-9,11H2. The Balaban J connectivity index is 1.44. The van der Waals surface area contributed by atoms with Crippen LogP contribution in [0.15, 0.2) is 46.2 Å². The van der Waals surface area contributed by atoms with Crippen molar-refractivity contribution >= 4 is 11.8 Å². The molecule has 0 spiro atoms. The first-order valence-electron chi connectivity index (χ1n) is 7.80. The lowest BCUT2D eigenvalue weighted by Crippen LogP contribution is -2.08. The molecular weight excluding hydrogens is 310 g/mol. The highest BCUT2D eigenvalue weighted by Crippen LogP contribution is 2.32. The second-order valence-corrected chi connectivity index (χ2v) is 6.59. The summed E-state index contributed by atoms with van der Waals surface area (Å²) in [6, 6.07) is 10.4. The summed E-state index contributed by atoms with van der Waals surface area (Å²) in [6.07, 6.45) is 6.57. The number of tetrazole rings is 1.